The summed E-state index contributed by atoms with van der Waals surface area (Å²) in [5, 5.41) is 6.91. The van der Waals surface area contributed by atoms with Crippen molar-refractivity contribution in [1.82, 2.24) is 19.5 Å². The molecule has 6 nitrogen and oxygen atoms in total. The maximum atomic E-state index is 15.3. The molecule has 1 amide bonds. The number of thiophene rings is 1. The average molecular weight is 516 g/mol. The van der Waals surface area contributed by atoms with E-state index in [9.17, 15) is 4.79 Å². The predicted octanol–water partition coefficient (Wildman–Crippen LogP) is 6.01. The van der Waals surface area contributed by atoms with Gasteiger partial charge < -0.3 is 9.80 Å². The van der Waals surface area contributed by atoms with Crippen LogP contribution in [-0.4, -0.2) is 45.0 Å². The Hall–Kier alpha value is -3.26. The van der Waals surface area contributed by atoms with Crippen LogP contribution in [0.1, 0.15) is 72.2 Å². The molecule has 2 aliphatic heterocycles. The monoisotopic (exact) mass is 515 g/mol. The fourth-order valence-electron chi connectivity index (χ4n) is 5.91. The number of amides is 1. The zero-order valence-electron chi connectivity index (χ0n) is 21.2. The van der Waals surface area contributed by atoms with E-state index in [-0.39, 0.29) is 23.2 Å². The Morgan fingerprint density at radius 1 is 1.11 bits per heavy atom. The third kappa shape index (κ3) is 3.76. The Balaban J connectivity index is 1.28. The van der Waals surface area contributed by atoms with Gasteiger partial charge in [0.25, 0.3) is 5.91 Å². The largest absolute Gasteiger partial charge is 0.371 e. The van der Waals surface area contributed by atoms with Crippen molar-refractivity contribution in [3.05, 3.63) is 69.4 Å². The van der Waals surface area contributed by atoms with Crippen molar-refractivity contribution in [2.75, 3.05) is 24.5 Å². The van der Waals surface area contributed by atoms with E-state index in [1.54, 1.807) is 17.4 Å². The highest BCUT2D eigenvalue weighted by Gasteiger charge is 2.42. The first-order valence-corrected chi connectivity index (χ1v) is 14.1. The third-order valence-corrected chi connectivity index (χ3v) is 9.50. The summed E-state index contributed by atoms with van der Waals surface area (Å²) in [5.41, 5.74) is 5.12. The van der Waals surface area contributed by atoms with Gasteiger partial charge in [0.05, 0.1) is 17.4 Å². The molecule has 2 fully saturated rings. The molecule has 8 heteroatoms. The lowest BCUT2D eigenvalue weighted by Crippen LogP contribution is -2.38. The van der Waals surface area contributed by atoms with Gasteiger partial charge in [0.15, 0.2) is 5.65 Å². The molecule has 3 aromatic heterocycles. The third-order valence-electron chi connectivity index (χ3n) is 8.50. The first-order valence-electron chi connectivity index (χ1n) is 13.2. The number of fused-ring (bicyclic) bond motifs is 2. The Kier molecular flexibility index (Phi) is 5.19. The minimum Gasteiger partial charge on any atom is -0.371 e. The number of anilines is 1. The highest BCUT2D eigenvalue weighted by Crippen LogP contribution is 2.48. The van der Waals surface area contributed by atoms with E-state index in [1.807, 2.05) is 33.7 Å². The Morgan fingerprint density at radius 3 is 2.68 bits per heavy atom. The number of aromatic nitrogens is 3. The first kappa shape index (κ1) is 22.9. The summed E-state index contributed by atoms with van der Waals surface area (Å²) in [5.74, 6) is -0.335. The van der Waals surface area contributed by atoms with Gasteiger partial charge in [0.1, 0.15) is 11.5 Å². The topological polar surface area (TPSA) is 53.7 Å². The highest BCUT2D eigenvalue weighted by molar-refractivity contribution is 7.10. The van der Waals surface area contributed by atoms with Crippen molar-refractivity contribution in [3.63, 3.8) is 0 Å². The Labute approximate surface area is 219 Å². The van der Waals surface area contributed by atoms with Gasteiger partial charge in [-0.2, -0.15) is 5.10 Å². The summed E-state index contributed by atoms with van der Waals surface area (Å²) < 4.78 is 17.1. The van der Waals surface area contributed by atoms with Crippen LogP contribution >= 0.6 is 11.3 Å². The van der Waals surface area contributed by atoms with Crippen LogP contribution < -0.4 is 4.90 Å². The summed E-state index contributed by atoms with van der Waals surface area (Å²) in [6, 6.07) is 11.3. The van der Waals surface area contributed by atoms with Crippen LogP contribution in [0.4, 0.5) is 10.1 Å². The fraction of sp³-hybridized carbons (Fsp3) is 0.414. The molecule has 0 radical (unpaired) electrons. The number of benzene rings is 1. The summed E-state index contributed by atoms with van der Waals surface area (Å²) in [4.78, 5) is 24.0. The molecule has 0 bridgehead atoms. The zero-order valence-corrected chi connectivity index (χ0v) is 22.0. The maximum absolute atomic E-state index is 15.3. The summed E-state index contributed by atoms with van der Waals surface area (Å²) in [7, 11) is 0. The fourth-order valence-corrected chi connectivity index (χ4v) is 6.87. The second-order valence-electron chi connectivity index (χ2n) is 11.0. The van der Waals surface area contributed by atoms with Gasteiger partial charge >= 0.3 is 0 Å². The molecule has 4 aromatic rings. The van der Waals surface area contributed by atoms with Crippen LogP contribution in [0.25, 0.3) is 16.9 Å². The van der Waals surface area contributed by atoms with Crippen molar-refractivity contribution in [2.24, 2.45) is 0 Å². The van der Waals surface area contributed by atoms with Gasteiger partial charge in [-0.3, -0.25) is 4.79 Å². The molecule has 5 heterocycles. The first-order chi connectivity index (χ1) is 17.9. The Bertz CT molecular complexity index is 1530. The van der Waals surface area contributed by atoms with Gasteiger partial charge in [0, 0.05) is 47.2 Å². The van der Waals surface area contributed by atoms with Crippen LogP contribution in [0.5, 0.6) is 0 Å². The van der Waals surface area contributed by atoms with Crippen LogP contribution in [0.3, 0.4) is 0 Å². The van der Waals surface area contributed by atoms with E-state index < -0.39 is 0 Å². The molecule has 7 rings (SSSR count). The number of rotatable bonds is 4. The zero-order chi connectivity index (χ0) is 25.3. The normalized spacial score (nSPS) is 20.5. The molecule has 1 saturated heterocycles. The molecule has 1 atom stereocenters. The SMILES string of the molecule is C[C@@H]1c2ccsc2CCN1C(=O)c1cc(C2(C)CC2)n2nc(-c3ccc(N4CCCC4)cc3F)cc2n1. The number of hydrogen-bond donors (Lipinski definition) is 0. The number of carbonyl (C=O) groups is 1. The van der Waals surface area contributed by atoms with E-state index in [2.05, 4.69) is 30.2 Å². The van der Waals surface area contributed by atoms with Crippen molar-refractivity contribution >= 4 is 28.6 Å². The van der Waals surface area contributed by atoms with E-state index in [0.29, 0.717) is 29.1 Å². The van der Waals surface area contributed by atoms with Gasteiger partial charge in [-0.15, -0.1) is 11.3 Å². The molecule has 1 aromatic carbocycles. The molecule has 0 unspecified atom stereocenters. The lowest BCUT2D eigenvalue weighted by molar-refractivity contribution is 0.0673. The smallest absolute Gasteiger partial charge is 0.273 e. The van der Waals surface area contributed by atoms with E-state index in [4.69, 9.17) is 10.1 Å². The number of halogens is 1. The number of hydrogen-bond acceptors (Lipinski definition) is 5. The number of carbonyl (C=O) groups excluding carboxylic acids is 1. The molecular formula is C29H30FN5OS. The molecule has 37 heavy (non-hydrogen) atoms. The standard InChI is InChI=1S/C29H30FN5OS/c1-18-20-8-14-37-25(20)7-13-34(18)28(36)24-16-26(29(2)9-10-29)35-27(31-24)17-23(32-35)21-6-5-19(15-22(21)30)33-11-3-4-12-33/h5-6,8,14-18H,3-4,7,9-13H2,1-2H3/t18-/m1/s1. The van der Waals surface area contributed by atoms with Crippen LogP contribution in [0, 0.1) is 5.82 Å². The molecule has 1 saturated carbocycles. The molecule has 0 N–H and O–H groups in total. The molecule has 0 spiro atoms. The quantitative estimate of drug-likeness (QED) is 0.334. The van der Waals surface area contributed by atoms with Crippen molar-refractivity contribution in [2.45, 2.75) is 57.4 Å². The molecule has 1 aliphatic carbocycles. The summed E-state index contributed by atoms with van der Waals surface area (Å²) >= 11 is 1.77. The van der Waals surface area contributed by atoms with Crippen LogP contribution in [-0.2, 0) is 11.8 Å². The van der Waals surface area contributed by atoms with Crippen molar-refractivity contribution in [1.29, 1.82) is 0 Å². The lowest BCUT2D eigenvalue weighted by atomic mass is 10.00. The van der Waals surface area contributed by atoms with Gasteiger partial charge in [-0.25, -0.2) is 13.9 Å². The highest BCUT2D eigenvalue weighted by atomic mass is 32.1. The van der Waals surface area contributed by atoms with E-state index in [1.165, 1.54) is 10.4 Å². The van der Waals surface area contributed by atoms with Crippen molar-refractivity contribution in [3.8, 4) is 11.3 Å². The van der Waals surface area contributed by atoms with E-state index >= 15 is 4.39 Å². The lowest BCUT2D eigenvalue weighted by Gasteiger charge is -2.33. The second-order valence-corrected chi connectivity index (χ2v) is 12.0. The maximum Gasteiger partial charge on any atom is 0.273 e. The summed E-state index contributed by atoms with van der Waals surface area (Å²) in [6.45, 7) is 6.92. The predicted molar refractivity (Wildman–Crippen MR) is 144 cm³/mol. The van der Waals surface area contributed by atoms with Crippen molar-refractivity contribution < 1.29 is 9.18 Å². The van der Waals surface area contributed by atoms with Gasteiger partial charge in [-0.1, -0.05) is 6.92 Å². The minimum absolute atomic E-state index is 0.0178. The van der Waals surface area contributed by atoms with E-state index in [0.717, 1.165) is 56.6 Å². The summed E-state index contributed by atoms with van der Waals surface area (Å²) in [6.07, 6.45) is 5.24. The molecular weight excluding hydrogens is 485 g/mol. The number of nitrogens with zero attached hydrogens (tertiary/aromatic N) is 5. The molecule has 3 aliphatic rings. The minimum atomic E-state index is -0.281. The van der Waals surface area contributed by atoms with Gasteiger partial charge in [-0.05, 0) is 80.3 Å². The second kappa shape index (κ2) is 8.38. The van der Waals surface area contributed by atoms with Crippen LogP contribution in [0.15, 0.2) is 41.8 Å². The van der Waals surface area contributed by atoms with Crippen LogP contribution in [0.2, 0.25) is 0 Å². The van der Waals surface area contributed by atoms with Gasteiger partial charge in [0.2, 0.25) is 0 Å². The molecule has 190 valence electrons. The average Bonchev–Trinajstić information content (AvgIpc) is 3.35. The Morgan fingerprint density at radius 2 is 1.92 bits per heavy atom.